The van der Waals surface area contributed by atoms with Gasteiger partial charge in [-0.2, -0.15) is 0 Å². The Hall–Kier alpha value is -0.911. The van der Waals surface area contributed by atoms with Crippen molar-refractivity contribution >= 4 is 47.0 Å². The van der Waals surface area contributed by atoms with E-state index in [2.05, 4.69) is 15.9 Å². The molecule has 1 aromatic rings. The van der Waals surface area contributed by atoms with E-state index < -0.39 is 4.92 Å². The van der Waals surface area contributed by atoms with Gasteiger partial charge in [-0.3, -0.25) is 0 Å². The van der Waals surface area contributed by atoms with Gasteiger partial charge in [-0.1, -0.05) is 0 Å². The number of nitro benzene ring substituents is 1. The van der Waals surface area contributed by atoms with Crippen LogP contribution >= 0.6 is 15.9 Å². The molecular weight excluding hydrogens is 341 g/mol. The van der Waals surface area contributed by atoms with E-state index >= 15 is 0 Å². The summed E-state index contributed by atoms with van der Waals surface area (Å²) in [5.41, 5.74) is 0.578. The Labute approximate surface area is 107 Å². The number of amidine groups is 1. The van der Waals surface area contributed by atoms with Gasteiger partial charge in [-0.25, -0.2) is 0 Å². The van der Waals surface area contributed by atoms with Crippen molar-refractivity contribution in [2.75, 3.05) is 11.4 Å². The molecule has 7 heteroatoms. The third kappa shape index (κ3) is 2.11. The molecule has 1 aromatic carbocycles. The Kier molecular flexibility index (Phi) is 3.27. The van der Waals surface area contributed by atoms with Gasteiger partial charge in [0.05, 0.1) is 0 Å². The van der Waals surface area contributed by atoms with E-state index in [1.54, 1.807) is 17.0 Å². The number of nitro groups is 1. The Balaban J connectivity index is 2.47. The average Bonchev–Trinajstić information content (AvgIpc) is 2.64. The van der Waals surface area contributed by atoms with Crippen molar-refractivity contribution in [2.45, 2.75) is 5.32 Å². The van der Waals surface area contributed by atoms with Crippen molar-refractivity contribution in [1.82, 2.24) is 0 Å². The van der Waals surface area contributed by atoms with Gasteiger partial charge in [0.25, 0.3) is 0 Å². The van der Waals surface area contributed by atoms with Crippen molar-refractivity contribution in [2.24, 2.45) is 0 Å². The van der Waals surface area contributed by atoms with Gasteiger partial charge in [0.2, 0.25) is 0 Å². The fraction of sp³-hybridized carbons (Fsp3) is 0.222. The fourth-order valence-electron chi connectivity index (χ4n) is 1.51. The number of nitrogens with zero attached hydrogens (tertiary/aromatic N) is 2. The Morgan fingerprint density at radius 1 is 1.56 bits per heavy atom. The van der Waals surface area contributed by atoms with Crippen LogP contribution in [0.1, 0.15) is 0 Å². The Bertz CT molecular complexity index is 466. The predicted octanol–water partition coefficient (Wildman–Crippen LogP) is 2.23. The number of benzene rings is 1. The van der Waals surface area contributed by atoms with E-state index in [0.29, 0.717) is 21.4 Å². The summed E-state index contributed by atoms with van der Waals surface area (Å²) in [6.45, 7) is 0.710. The SMILES string of the molecule is N=C1[Se]CCN1c1ccc(Br)cc1[N+](=O)[O-]. The molecule has 1 fully saturated rings. The number of hydrogen-bond acceptors (Lipinski definition) is 3. The van der Waals surface area contributed by atoms with Crippen LogP contribution in [0.15, 0.2) is 22.7 Å². The summed E-state index contributed by atoms with van der Waals surface area (Å²) in [6, 6.07) is 4.94. The summed E-state index contributed by atoms with van der Waals surface area (Å²) in [5.74, 6) is 0. The minimum atomic E-state index is -0.404. The maximum absolute atomic E-state index is 10.9. The van der Waals surface area contributed by atoms with E-state index in [1.807, 2.05) is 0 Å². The molecule has 0 amide bonds. The Morgan fingerprint density at radius 3 is 2.88 bits per heavy atom. The second kappa shape index (κ2) is 4.53. The van der Waals surface area contributed by atoms with E-state index in [9.17, 15) is 10.1 Å². The summed E-state index contributed by atoms with van der Waals surface area (Å²) in [7, 11) is 0. The molecule has 0 unspecified atom stereocenters. The van der Waals surface area contributed by atoms with Gasteiger partial charge in [-0.05, 0) is 0 Å². The molecule has 0 atom stereocenters. The van der Waals surface area contributed by atoms with Crippen LogP contribution in [0.2, 0.25) is 5.32 Å². The molecule has 0 aromatic heterocycles. The predicted molar refractivity (Wildman–Crippen MR) is 66.4 cm³/mol. The second-order valence-electron chi connectivity index (χ2n) is 3.20. The van der Waals surface area contributed by atoms with Crippen LogP contribution in [0.5, 0.6) is 0 Å². The van der Waals surface area contributed by atoms with Crippen LogP contribution in [0.4, 0.5) is 11.4 Å². The number of rotatable bonds is 2. The van der Waals surface area contributed by atoms with Crippen molar-refractivity contribution in [3.63, 3.8) is 0 Å². The summed E-state index contributed by atoms with van der Waals surface area (Å²) in [5, 5.41) is 19.6. The topological polar surface area (TPSA) is 70.2 Å². The number of hydrogen-bond donors (Lipinski definition) is 1. The average molecular weight is 349 g/mol. The molecule has 1 aliphatic rings. The molecule has 0 aliphatic carbocycles. The molecule has 16 heavy (non-hydrogen) atoms. The quantitative estimate of drug-likeness (QED) is 0.506. The number of anilines is 1. The van der Waals surface area contributed by atoms with E-state index in [4.69, 9.17) is 5.41 Å². The van der Waals surface area contributed by atoms with Gasteiger partial charge in [0.15, 0.2) is 0 Å². The molecule has 0 saturated carbocycles. The van der Waals surface area contributed by atoms with Gasteiger partial charge in [0, 0.05) is 0 Å². The van der Waals surface area contributed by atoms with Gasteiger partial charge < -0.3 is 0 Å². The van der Waals surface area contributed by atoms with E-state index in [-0.39, 0.29) is 20.6 Å². The summed E-state index contributed by atoms with van der Waals surface area (Å²) in [6.07, 6.45) is 0. The fourth-order valence-corrected chi connectivity index (χ4v) is 3.57. The van der Waals surface area contributed by atoms with E-state index in [0.717, 1.165) is 5.32 Å². The molecule has 0 spiro atoms. The number of halogens is 1. The summed E-state index contributed by atoms with van der Waals surface area (Å²) >= 11 is 3.37. The summed E-state index contributed by atoms with van der Waals surface area (Å²) in [4.78, 5) is 12.3. The van der Waals surface area contributed by atoms with Crippen molar-refractivity contribution < 1.29 is 4.92 Å². The summed E-state index contributed by atoms with van der Waals surface area (Å²) < 4.78 is 1.19. The van der Waals surface area contributed by atoms with E-state index in [1.165, 1.54) is 6.07 Å². The Morgan fingerprint density at radius 2 is 2.31 bits per heavy atom. The standard InChI is InChI=1S/C9H8BrN3O2Se/c10-6-1-2-7(8(5-6)13(14)15)12-3-4-16-9(12)11/h1-2,5,11H,3-4H2. The first-order valence-corrected chi connectivity index (χ1v) is 7.38. The van der Waals surface area contributed by atoms with Gasteiger partial charge >= 0.3 is 107 Å². The van der Waals surface area contributed by atoms with Crippen molar-refractivity contribution in [3.05, 3.63) is 32.8 Å². The third-order valence-corrected chi connectivity index (χ3v) is 4.56. The van der Waals surface area contributed by atoms with Gasteiger partial charge in [-0.15, -0.1) is 0 Å². The maximum atomic E-state index is 10.9. The van der Waals surface area contributed by atoms with Crippen LogP contribution in [-0.4, -0.2) is 31.2 Å². The molecule has 1 N–H and O–H groups in total. The molecule has 1 aliphatic heterocycles. The molecule has 1 heterocycles. The first kappa shape index (κ1) is 11.6. The van der Waals surface area contributed by atoms with Crippen molar-refractivity contribution in [3.8, 4) is 0 Å². The zero-order valence-corrected chi connectivity index (χ0v) is 11.4. The molecular formula is C9H8BrN3O2Se. The van der Waals surface area contributed by atoms with Crippen LogP contribution in [0.3, 0.4) is 0 Å². The molecule has 2 rings (SSSR count). The second-order valence-corrected chi connectivity index (χ2v) is 6.38. The van der Waals surface area contributed by atoms with Gasteiger partial charge in [0.1, 0.15) is 0 Å². The molecule has 1 saturated heterocycles. The molecule has 0 bridgehead atoms. The molecule has 84 valence electrons. The molecule has 5 nitrogen and oxygen atoms in total. The zero-order valence-electron chi connectivity index (χ0n) is 8.14. The van der Waals surface area contributed by atoms with Crippen LogP contribution in [0, 0.1) is 15.5 Å². The number of nitrogens with one attached hydrogen (secondary N) is 1. The molecule has 0 radical (unpaired) electrons. The first-order valence-electron chi connectivity index (χ1n) is 4.52. The van der Waals surface area contributed by atoms with Crippen LogP contribution in [0.25, 0.3) is 0 Å². The minimum absolute atomic E-state index is 0.0526. The van der Waals surface area contributed by atoms with Crippen LogP contribution < -0.4 is 4.90 Å². The zero-order chi connectivity index (χ0) is 11.7. The first-order chi connectivity index (χ1) is 7.59. The van der Waals surface area contributed by atoms with Crippen LogP contribution in [-0.2, 0) is 0 Å². The third-order valence-electron chi connectivity index (χ3n) is 2.22. The monoisotopic (exact) mass is 349 g/mol. The normalized spacial score (nSPS) is 15.6. The van der Waals surface area contributed by atoms with Crippen molar-refractivity contribution in [1.29, 1.82) is 5.41 Å².